The van der Waals surface area contributed by atoms with Crippen LogP contribution in [-0.2, 0) is 17.8 Å². The van der Waals surface area contributed by atoms with Crippen LogP contribution in [0.5, 0.6) is 0 Å². The Bertz CT molecular complexity index is 399. The number of aliphatic carboxylic acids is 1. The van der Waals surface area contributed by atoms with Crippen LogP contribution in [-0.4, -0.2) is 16.6 Å². The molecule has 1 aromatic rings. The Labute approximate surface area is 109 Å². The first kappa shape index (κ1) is 14.7. The monoisotopic (exact) mass is 249 g/mol. The lowest BCUT2D eigenvalue weighted by Gasteiger charge is -2.26. The Hall–Kier alpha value is -1.35. The van der Waals surface area contributed by atoms with Gasteiger partial charge in [0.25, 0.3) is 0 Å². The van der Waals surface area contributed by atoms with Gasteiger partial charge in [0.15, 0.2) is 0 Å². The summed E-state index contributed by atoms with van der Waals surface area (Å²) in [6, 6.07) is 7.72. The molecule has 18 heavy (non-hydrogen) atoms. The average Bonchev–Trinajstić information content (AvgIpc) is 2.27. The molecule has 100 valence electrons. The highest BCUT2D eigenvalue weighted by atomic mass is 16.4. The van der Waals surface area contributed by atoms with E-state index < -0.39 is 5.97 Å². The molecule has 1 rings (SSSR count). The van der Waals surface area contributed by atoms with Crippen molar-refractivity contribution in [2.45, 2.75) is 52.1 Å². The van der Waals surface area contributed by atoms with Crippen molar-refractivity contribution in [2.24, 2.45) is 0 Å². The average molecular weight is 249 g/mol. The first-order chi connectivity index (χ1) is 8.44. The summed E-state index contributed by atoms with van der Waals surface area (Å²) in [5.74, 6) is -0.782. The molecule has 0 spiro atoms. The molecule has 0 saturated heterocycles. The van der Waals surface area contributed by atoms with Gasteiger partial charge in [0.05, 0.1) is 6.42 Å². The quantitative estimate of drug-likeness (QED) is 0.781. The maximum absolute atomic E-state index is 10.8. The van der Waals surface area contributed by atoms with Gasteiger partial charge in [-0.05, 0) is 31.4 Å². The Morgan fingerprint density at radius 3 is 2.44 bits per heavy atom. The minimum Gasteiger partial charge on any atom is -0.481 e. The molecule has 0 amide bonds. The topological polar surface area (TPSA) is 49.3 Å². The van der Waals surface area contributed by atoms with E-state index in [4.69, 9.17) is 5.11 Å². The van der Waals surface area contributed by atoms with Gasteiger partial charge < -0.3 is 10.4 Å². The van der Waals surface area contributed by atoms with Crippen molar-refractivity contribution >= 4 is 5.97 Å². The zero-order valence-corrected chi connectivity index (χ0v) is 11.5. The molecule has 0 aliphatic heterocycles. The van der Waals surface area contributed by atoms with Crippen LogP contribution in [0.25, 0.3) is 0 Å². The molecule has 0 fully saturated rings. The van der Waals surface area contributed by atoms with E-state index in [0.717, 1.165) is 30.5 Å². The van der Waals surface area contributed by atoms with Crippen molar-refractivity contribution in [1.82, 2.24) is 5.32 Å². The molecule has 0 radical (unpaired) electrons. The number of nitrogens with one attached hydrogen (secondary N) is 1. The third kappa shape index (κ3) is 4.88. The summed E-state index contributed by atoms with van der Waals surface area (Å²) in [5, 5.41) is 12.4. The van der Waals surface area contributed by atoms with Crippen molar-refractivity contribution in [2.75, 3.05) is 0 Å². The van der Waals surface area contributed by atoms with Crippen molar-refractivity contribution in [3.63, 3.8) is 0 Å². The van der Waals surface area contributed by atoms with E-state index in [-0.39, 0.29) is 12.0 Å². The van der Waals surface area contributed by atoms with Crippen LogP contribution >= 0.6 is 0 Å². The lowest BCUT2D eigenvalue weighted by Crippen LogP contribution is -2.38. The molecular weight excluding hydrogens is 226 g/mol. The minimum atomic E-state index is -0.782. The normalized spacial score (nSPS) is 11.5. The van der Waals surface area contributed by atoms with Gasteiger partial charge in [0, 0.05) is 12.1 Å². The third-order valence-corrected chi connectivity index (χ3v) is 3.09. The van der Waals surface area contributed by atoms with E-state index in [0.29, 0.717) is 0 Å². The molecule has 3 heteroatoms. The van der Waals surface area contributed by atoms with E-state index in [1.165, 1.54) is 0 Å². The fraction of sp³-hybridized carbons (Fsp3) is 0.533. The zero-order chi connectivity index (χ0) is 13.6. The summed E-state index contributed by atoms with van der Waals surface area (Å²) in [6.07, 6.45) is 2.33. The molecule has 0 unspecified atom stereocenters. The molecule has 0 aliphatic carbocycles. The van der Waals surface area contributed by atoms with E-state index in [9.17, 15) is 4.79 Å². The van der Waals surface area contributed by atoms with Gasteiger partial charge in [-0.1, -0.05) is 37.6 Å². The summed E-state index contributed by atoms with van der Waals surface area (Å²) in [5.41, 5.74) is 2.05. The molecule has 1 aromatic carbocycles. The van der Waals surface area contributed by atoms with Crippen molar-refractivity contribution in [3.05, 3.63) is 35.4 Å². The van der Waals surface area contributed by atoms with Gasteiger partial charge in [-0.3, -0.25) is 4.79 Å². The summed E-state index contributed by atoms with van der Waals surface area (Å²) < 4.78 is 0. The van der Waals surface area contributed by atoms with E-state index in [1.54, 1.807) is 0 Å². The molecule has 0 aromatic heterocycles. The number of hydrogen-bond donors (Lipinski definition) is 2. The van der Waals surface area contributed by atoms with Crippen LogP contribution in [0.4, 0.5) is 0 Å². The van der Waals surface area contributed by atoms with Gasteiger partial charge in [-0.15, -0.1) is 0 Å². The predicted molar refractivity (Wildman–Crippen MR) is 73.6 cm³/mol. The first-order valence-corrected chi connectivity index (χ1v) is 6.48. The van der Waals surface area contributed by atoms with E-state index in [1.807, 2.05) is 24.3 Å². The lowest BCUT2D eigenvalue weighted by atomic mass is 9.97. The Morgan fingerprint density at radius 2 is 1.89 bits per heavy atom. The highest BCUT2D eigenvalue weighted by Crippen LogP contribution is 2.14. The predicted octanol–water partition coefficient (Wildman–Crippen LogP) is 2.98. The lowest BCUT2D eigenvalue weighted by molar-refractivity contribution is -0.136. The second kappa shape index (κ2) is 6.55. The number of carboxylic acid groups (broad SMARTS) is 1. The Morgan fingerprint density at radius 1 is 1.28 bits per heavy atom. The largest absolute Gasteiger partial charge is 0.481 e. The van der Waals surface area contributed by atoms with Crippen LogP contribution in [0.1, 0.15) is 44.7 Å². The smallest absolute Gasteiger partial charge is 0.307 e. The molecule has 0 bridgehead atoms. The molecule has 3 nitrogen and oxygen atoms in total. The first-order valence-electron chi connectivity index (χ1n) is 6.48. The summed E-state index contributed by atoms with van der Waals surface area (Å²) in [7, 11) is 0. The maximum Gasteiger partial charge on any atom is 0.307 e. The van der Waals surface area contributed by atoms with Gasteiger partial charge >= 0.3 is 5.97 Å². The van der Waals surface area contributed by atoms with Crippen LogP contribution in [0.15, 0.2) is 24.3 Å². The third-order valence-electron chi connectivity index (χ3n) is 3.09. The Kier molecular flexibility index (Phi) is 5.35. The van der Waals surface area contributed by atoms with Crippen molar-refractivity contribution < 1.29 is 9.90 Å². The fourth-order valence-corrected chi connectivity index (χ4v) is 2.11. The van der Waals surface area contributed by atoms with E-state index in [2.05, 4.69) is 26.1 Å². The van der Waals surface area contributed by atoms with Crippen LogP contribution in [0, 0.1) is 0 Å². The van der Waals surface area contributed by atoms with Crippen molar-refractivity contribution in [3.8, 4) is 0 Å². The van der Waals surface area contributed by atoms with E-state index >= 15 is 0 Å². The number of hydrogen-bond acceptors (Lipinski definition) is 2. The summed E-state index contributed by atoms with van der Waals surface area (Å²) in [6.45, 7) is 7.24. The fourth-order valence-electron chi connectivity index (χ4n) is 2.11. The Balaban J connectivity index is 2.69. The van der Waals surface area contributed by atoms with Gasteiger partial charge in [0.2, 0.25) is 0 Å². The number of rotatable bonds is 7. The van der Waals surface area contributed by atoms with Crippen LogP contribution in [0.2, 0.25) is 0 Å². The molecule has 2 N–H and O–H groups in total. The van der Waals surface area contributed by atoms with Crippen LogP contribution in [0.3, 0.4) is 0 Å². The number of benzene rings is 1. The van der Waals surface area contributed by atoms with Gasteiger partial charge in [0.1, 0.15) is 0 Å². The second-order valence-electron chi connectivity index (χ2n) is 5.33. The SMILES string of the molecule is CCCC(C)(C)NCc1ccccc1CC(=O)O. The van der Waals surface area contributed by atoms with Crippen LogP contribution < -0.4 is 5.32 Å². The number of carbonyl (C=O) groups is 1. The van der Waals surface area contributed by atoms with Crippen molar-refractivity contribution in [1.29, 1.82) is 0 Å². The number of carboxylic acids is 1. The maximum atomic E-state index is 10.8. The molecule has 0 atom stereocenters. The highest BCUT2D eigenvalue weighted by molar-refractivity contribution is 5.70. The molecule has 0 saturated carbocycles. The zero-order valence-electron chi connectivity index (χ0n) is 11.5. The molecular formula is C15H23NO2. The van der Waals surface area contributed by atoms with Gasteiger partial charge in [-0.2, -0.15) is 0 Å². The summed E-state index contributed by atoms with van der Waals surface area (Å²) >= 11 is 0. The molecule has 0 heterocycles. The highest BCUT2D eigenvalue weighted by Gasteiger charge is 2.16. The van der Waals surface area contributed by atoms with Gasteiger partial charge in [-0.25, -0.2) is 0 Å². The minimum absolute atomic E-state index is 0.0884. The summed E-state index contributed by atoms with van der Waals surface area (Å²) in [4.78, 5) is 10.8. The second-order valence-corrected chi connectivity index (χ2v) is 5.33. The molecule has 0 aliphatic rings. The standard InChI is InChI=1S/C15H23NO2/c1-4-9-15(2,3)16-11-13-8-6-5-7-12(13)10-14(17)18/h5-8,16H,4,9-11H2,1-3H3,(H,17,18).